The molecule has 1 aromatic carbocycles. The number of benzene rings is 1. The highest BCUT2D eigenvalue weighted by molar-refractivity contribution is 5.89. The molecular formula is C15H18N2O4. The molecule has 6 heteroatoms. The van der Waals surface area contributed by atoms with Crippen molar-refractivity contribution in [3.63, 3.8) is 0 Å². The lowest BCUT2D eigenvalue weighted by Crippen LogP contribution is -2.41. The molecule has 2 aromatic rings. The molecule has 0 fully saturated rings. The third kappa shape index (κ3) is 3.21. The minimum atomic E-state index is -1.04. The Morgan fingerprint density at radius 1 is 1.33 bits per heavy atom. The third-order valence-corrected chi connectivity index (χ3v) is 3.53. The lowest BCUT2D eigenvalue weighted by Gasteiger charge is -2.11. The van der Waals surface area contributed by atoms with Crippen LogP contribution in [0.1, 0.15) is 30.2 Å². The number of amides is 1. The molecule has 0 radical (unpaired) electrons. The van der Waals surface area contributed by atoms with Crippen LogP contribution in [0.25, 0.3) is 11.0 Å². The van der Waals surface area contributed by atoms with E-state index in [-0.39, 0.29) is 12.3 Å². The van der Waals surface area contributed by atoms with Gasteiger partial charge in [-0.1, -0.05) is 12.1 Å². The molecule has 0 bridgehead atoms. The molecule has 1 unspecified atom stereocenters. The Labute approximate surface area is 122 Å². The fourth-order valence-corrected chi connectivity index (χ4v) is 2.11. The number of fused-ring (bicyclic) bond motifs is 1. The van der Waals surface area contributed by atoms with Crippen LogP contribution in [-0.4, -0.2) is 28.2 Å². The highest BCUT2D eigenvalue weighted by atomic mass is 16.5. The van der Waals surface area contributed by atoms with E-state index in [1.807, 2.05) is 26.0 Å². The fourth-order valence-electron chi connectivity index (χ4n) is 2.11. The normalized spacial score (nSPS) is 12.3. The number of carboxylic acid groups (broad SMARTS) is 1. The van der Waals surface area contributed by atoms with E-state index in [1.165, 1.54) is 0 Å². The Kier molecular flexibility index (Phi) is 4.26. The number of carbonyl (C=O) groups excluding carboxylic acids is 1. The van der Waals surface area contributed by atoms with Crippen LogP contribution < -0.4 is 5.32 Å². The van der Waals surface area contributed by atoms with Crippen LogP contribution in [0.2, 0.25) is 0 Å². The molecule has 21 heavy (non-hydrogen) atoms. The Hall–Kier alpha value is -2.37. The van der Waals surface area contributed by atoms with Gasteiger partial charge in [0.05, 0.1) is 6.42 Å². The Balaban J connectivity index is 2.18. The van der Waals surface area contributed by atoms with Gasteiger partial charge in [-0.05, 0) is 43.5 Å². The zero-order chi connectivity index (χ0) is 15.6. The summed E-state index contributed by atoms with van der Waals surface area (Å²) >= 11 is 0. The molecule has 1 atom stereocenters. The minimum Gasteiger partial charge on any atom is -0.480 e. The second-order valence-corrected chi connectivity index (χ2v) is 5.11. The van der Waals surface area contributed by atoms with Gasteiger partial charge in [0.15, 0.2) is 5.58 Å². The molecule has 0 aliphatic carbocycles. The topological polar surface area (TPSA) is 92.4 Å². The van der Waals surface area contributed by atoms with Crippen molar-refractivity contribution in [2.45, 2.75) is 39.7 Å². The number of carbonyl (C=O) groups is 2. The number of nitrogens with zero attached hydrogens (tertiary/aromatic N) is 1. The molecule has 1 amide bonds. The molecule has 6 nitrogen and oxygen atoms in total. The number of carboxylic acids is 1. The van der Waals surface area contributed by atoms with Gasteiger partial charge < -0.3 is 14.9 Å². The van der Waals surface area contributed by atoms with E-state index in [4.69, 9.17) is 9.63 Å². The molecular weight excluding hydrogens is 272 g/mol. The fraction of sp³-hybridized carbons (Fsp3) is 0.400. The highest BCUT2D eigenvalue weighted by Gasteiger charge is 2.19. The molecule has 0 saturated heterocycles. The Bertz CT molecular complexity index is 690. The lowest BCUT2D eigenvalue weighted by molar-refractivity contribution is -0.141. The zero-order valence-corrected chi connectivity index (χ0v) is 12.3. The number of nitrogens with one attached hydrogen (secondary N) is 1. The summed E-state index contributed by atoms with van der Waals surface area (Å²) in [6.07, 6.45) is 0.332. The molecule has 0 spiro atoms. The maximum Gasteiger partial charge on any atom is 0.326 e. The standard InChI is InChI=1S/C15H18N2O4/c1-4-11(15(19)20)16-14(18)7-12-10-5-8(2)9(3)6-13(10)21-17-12/h5-6,11H,4,7H2,1-3H3,(H,16,18)(H,19,20). The number of aliphatic carboxylic acids is 1. The molecule has 1 aromatic heterocycles. The summed E-state index contributed by atoms with van der Waals surface area (Å²) < 4.78 is 5.22. The van der Waals surface area contributed by atoms with Gasteiger partial charge in [-0.2, -0.15) is 0 Å². The number of hydrogen-bond donors (Lipinski definition) is 2. The second kappa shape index (κ2) is 5.95. The molecule has 1 heterocycles. The minimum absolute atomic E-state index is 0.000713. The van der Waals surface area contributed by atoms with E-state index in [9.17, 15) is 9.59 Å². The SMILES string of the molecule is CCC(NC(=O)Cc1noc2cc(C)c(C)cc12)C(=O)O. The maximum atomic E-state index is 11.9. The van der Waals surface area contributed by atoms with Crippen molar-refractivity contribution in [3.8, 4) is 0 Å². The van der Waals surface area contributed by atoms with E-state index in [2.05, 4.69) is 10.5 Å². The first kappa shape index (κ1) is 15.0. The largest absolute Gasteiger partial charge is 0.480 e. The van der Waals surface area contributed by atoms with Crippen molar-refractivity contribution in [1.29, 1.82) is 0 Å². The Morgan fingerprint density at radius 3 is 2.62 bits per heavy atom. The third-order valence-electron chi connectivity index (χ3n) is 3.53. The summed E-state index contributed by atoms with van der Waals surface area (Å²) in [7, 11) is 0. The number of hydrogen-bond acceptors (Lipinski definition) is 4. The summed E-state index contributed by atoms with van der Waals surface area (Å²) in [6.45, 7) is 5.66. The summed E-state index contributed by atoms with van der Waals surface area (Å²) in [4.78, 5) is 22.8. The van der Waals surface area contributed by atoms with Gasteiger partial charge >= 0.3 is 5.97 Å². The van der Waals surface area contributed by atoms with E-state index in [0.29, 0.717) is 17.7 Å². The average molecular weight is 290 g/mol. The molecule has 2 rings (SSSR count). The van der Waals surface area contributed by atoms with Gasteiger partial charge in [0.25, 0.3) is 0 Å². The first-order valence-electron chi connectivity index (χ1n) is 6.80. The van der Waals surface area contributed by atoms with Crippen molar-refractivity contribution in [2.24, 2.45) is 0 Å². The monoisotopic (exact) mass is 290 g/mol. The zero-order valence-electron chi connectivity index (χ0n) is 12.3. The molecule has 2 N–H and O–H groups in total. The first-order chi connectivity index (χ1) is 9.92. The number of aromatic nitrogens is 1. The molecule has 112 valence electrons. The second-order valence-electron chi connectivity index (χ2n) is 5.11. The predicted octanol–water partition coefficient (Wildman–Crippen LogP) is 1.97. The van der Waals surface area contributed by atoms with Gasteiger partial charge in [-0.15, -0.1) is 0 Å². The van der Waals surface area contributed by atoms with Crippen LogP contribution in [0.4, 0.5) is 0 Å². The van der Waals surface area contributed by atoms with Crippen LogP contribution in [-0.2, 0) is 16.0 Å². The maximum absolute atomic E-state index is 11.9. The quantitative estimate of drug-likeness (QED) is 0.878. The highest BCUT2D eigenvalue weighted by Crippen LogP contribution is 2.22. The Morgan fingerprint density at radius 2 is 2.00 bits per heavy atom. The predicted molar refractivity (Wildman–Crippen MR) is 77.0 cm³/mol. The van der Waals surface area contributed by atoms with Crippen LogP contribution in [0.5, 0.6) is 0 Å². The average Bonchev–Trinajstić information content (AvgIpc) is 2.78. The lowest BCUT2D eigenvalue weighted by atomic mass is 10.1. The van der Waals surface area contributed by atoms with E-state index < -0.39 is 12.0 Å². The summed E-state index contributed by atoms with van der Waals surface area (Å²) in [5.74, 6) is -1.42. The van der Waals surface area contributed by atoms with E-state index in [0.717, 1.165) is 16.5 Å². The van der Waals surface area contributed by atoms with E-state index >= 15 is 0 Å². The molecule has 0 saturated carbocycles. The van der Waals surface area contributed by atoms with Gasteiger partial charge in [0.2, 0.25) is 5.91 Å². The summed E-state index contributed by atoms with van der Waals surface area (Å²) in [6, 6.07) is 2.93. The number of aryl methyl sites for hydroxylation is 2. The van der Waals surface area contributed by atoms with Crippen LogP contribution >= 0.6 is 0 Å². The van der Waals surface area contributed by atoms with Gasteiger partial charge in [0.1, 0.15) is 11.7 Å². The first-order valence-corrected chi connectivity index (χ1v) is 6.80. The van der Waals surface area contributed by atoms with Crippen molar-refractivity contribution < 1.29 is 19.2 Å². The number of rotatable bonds is 5. The van der Waals surface area contributed by atoms with Crippen molar-refractivity contribution in [2.75, 3.05) is 0 Å². The van der Waals surface area contributed by atoms with Gasteiger partial charge in [-0.3, -0.25) is 4.79 Å². The molecule has 0 aliphatic rings. The van der Waals surface area contributed by atoms with Gasteiger partial charge in [0, 0.05) is 5.39 Å². The van der Waals surface area contributed by atoms with E-state index in [1.54, 1.807) is 6.92 Å². The summed E-state index contributed by atoms with van der Waals surface area (Å²) in [5, 5.41) is 16.1. The van der Waals surface area contributed by atoms with Crippen LogP contribution in [0.3, 0.4) is 0 Å². The smallest absolute Gasteiger partial charge is 0.326 e. The molecule has 0 aliphatic heterocycles. The van der Waals surface area contributed by atoms with Gasteiger partial charge in [-0.25, -0.2) is 4.79 Å². The van der Waals surface area contributed by atoms with Crippen molar-refractivity contribution >= 4 is 22.8 Å². The van der Waals surface area contributed by atoms with Crippen LogP contribution in [0, 0.1) is 13.8 Å². The summed E-state index contributed by atoms with van der Waals surface area (Å²) in [5.41, 5.74) is 3.33. The van der Waals surface area contributed by atoms with Crippen LogP contribution in [0.15, 0.2) is 16.7 Å². The van der Waals surface area contributed by atoms with Crippen molar-refractivity contribution in [1.82, 2.24) is 10.5 Å². The van der Waals surface area contributed by atoms with Crippen molar-refractivity contribution in [3.05, 3.63) is 29.0 Å².